The highest BCUT2D eigenvalue weighted by Gasteiger charge is 2.23. The third-order valence-corrected chi connectivity index (χ3v) is 5.19. The fourth-order valence-corrected chi connectivity index (χ4v) is 3.51. The molecule has 0 aliphatic rings. The first kappa shape index (κ1) is 22.0. The minimum Gasteiger partial charge on any atom is -0.342 e. The lowest BCUT2D eigenvalue weighted by Gasteiger charge is -2.19. The van der Waals surface area contributed by atoms with Crippen LogP contribution in [0.1, 0.15) is 41.5 Å². The average Bonchev–Trinajstić information content (AvgIpc) is 3.12. The summed E-state index contributed by atoms with van der Waals surface area (Å²) in [5, 5.41) is 3.17. The van der Waals surface area contributed by atoms with Crippen LogP contribution in [0, 0.1) is 0 Å². The molecule has 3 aromatic rings. The number of carbonyl (C=O) groups excluding carboxylic acids is 4. The lowest BCUT2D eigenvalue weighted by atomic mass is 10.1. The lowest BCUT2D eigenvalue weighted by molar-refractivity contribution is -0.131. The second-order valence-electron chi connectivity index (χ2n) is 7.17. The van der Waals surface area contributed by atoms with Gasteiger partial charge >= 0.3 is 0 Å². The van der Waals surface area contributed by atoms with Crippen LogP contribution in [0.25, 0.3) is 10.9 Å². The molecule has 160 valence electrons. The van der Waals surface area contributed by atoms with Crippen LogP contribution >= 0.6 is 0 Å². The van der Waals surface area contributed by atoms with Gasteiger partial charge in [-0.2, -0.15) is 0 Å². The van der Waals surface area contributed by atoms with E-state index in [1.807, 2.05) is 26.0 Å². The van der Waals surface area contributed by atoms with Crippen molar-refractivity contribution in [2.75, 3.05) is 18.4 Å². The molecule has 0 radical (unpaired) electrons. The quantitative estimate of drug-likeness (QED) is 0.447. The molecular formula is C24H25N3O4. The Morgan fingerprint density at radius 1 is 0.968 bits per heavy atom. The van der Waals surface area contributed by atoms with E-state index in [2.05, 4.69) is 5.32 Å². The van der Waals surface area contributed by atoms with Crippen molar-refractivity contribution in [2.24, 2.45) is 0 Å². The van der Waals surface area contributed by atoms with Gasteiger partial charge in [0, 0.05) is 41.4 Å². The van der Waals surface area contributed by atoms with Gasteiger partial charge < -0.3 is 14.8 Å². The Labute approximate surface area is 180 Å². The molecule has 1 aromatic heterocycles. The van der Waals surface area contributed by atoms with Gasteiger partial charge in [0.15, 0.2) is 5.78 Å². The predicted molar refractivity (Wildman–Crippen MR) is 119 cm³/mol. The highest BCUT2D eigenvalue weighted by atomic mass is 16.2. The SMILES string of the molecule is CCN(CC)C(=O)Cn1cc(C(=O)C(=O)Nc2cccc(C(C)=O)c2)c2ccccc21. The first-order valence-corrected chi connectivity index (χ1v) is 10.2. The maximum atomic E-state index is 12.9. The number of hydrogen-bond donors (Lipinski definition) is 1. The van der Waals surface area contributed by atoms with Crippen LogP contribution < -0.4 is 5.32 Å². The van der Waals surface area contributed by atoms with Crippen LogP contribution in [-0.2, 0) is 16.1 Å². The topological polar surface area (TPSA) is 88.5 Å². The molecule has 2 amide bonds. The molecule has 0 aliphatic heterocycles. The standard InChI is InChI=1S/C24H25N3O4/c1-4-26(5-2)22(29)15-27-14-20(19-11-6-7-12-21(19)27)23(30)24(31)25-18-10-8-9-17(13-18)16(3)28/h6-14H,4-5,15H2,1-3H3,(H,25,31). The van der Waals surface area contributed by atoms with Gasteiger partial charge in [0.05, 0.1) is 5.56 Å². The number of likely N-dealkylation sites (N-methyl/N-ethyl adjacent to an activating group) is 1. The maximum Gasteiger partial charge on any atom is 0.296 e. The predicted octanol–water partition coefficient (Wildman–Crippen LogP) is 3.53. The molecule has 0 aliphatic carbocycles. The van der Waals surface area contributed by atoms with E-state index < -0.39 is 11.7 Å². The number of nitrogens with one attached hydrogen (secondary N) is 1. The summed E-state index contributed by atoms with van der Waals surface area (Å²) in [6.07, 6.45) is 1.56. The Hall–Kier alpha value is -3.74. The molecule has 7 heteroatoms. The Kier molecular flexibility index (Phi) is 6.65. The van der Waals surface area contributed by atoms with E-state index in [0.717, 1.165) is 0 Å². The first-order chi connectivity index (χ1) is 14.8. The highest BCUT2D eigenvalue weighted by molar-refractivity contribution is 6.48. The number of benzene rings is 2. The van der Waals surface area contributed by atoms with Crippen LogP contribution in [0.3, 0.4) is 0 Å². The third-order valence-electron chi connectivity index (χ3n) is 5.19. The zero-order valence-electron chi connectivity index (χ0n) is 17.8. The number of ketones is 2. The fourth-order valence-electron chi connectivity index (χ4n) is 3.51. The van der Waals surface area contributed by atoms with Crippen molar-refractivity contribution in [1.29, 1.82) is 0 Å². The number of para-hydroxylation sites is 1. The molecule has 0 fully saturated rings. The second-order valence-corrected chi connectivity index (χ2v) is 7.17. The van der Waals surface area contributed by atoms with E-state index in [0.29, 0.717) is 35.2 Å². The smallest absolute Gasteiger partial charge is 0.296 e. The summed E-state index contributed by atoms with van der Waals surface area (Å²) in [5.74, 6) is -1.71. The van der Waals surface area contributed by atoms with Gasteiger partial charge in [0.25, 0.3) is 11.7 Å². The molecule has 7 nitrogen and oxygen atoms in total. The van der Waals surface area contributed by atoms with Gasteiger partial charge in [-0.25, -0.2) is 0 Å². The summed E-state index contributed by atoms with van der Waals surface area (Å²) >= 11 is 0. The normalized spacial score (nSPS) is 10.7. The number of rotatable bonds is 8. The average molecular weight is 419 g/mol. The Morgan fingerprint density at radius 3 is 2.35 bits per heavy atom. The molecule has 0 saturated heterocycles. The van der Waals surface area contributed by atoms with Crippen LogP contribution in [0.2, 0.25) is 0 Å². The largest absolute Gasteiger partial charge is 0.342 e. The number of amides is 2. The molecule has 1 heterocycles. The number of carbonyl (C=O) groups is 4. The van der Waals surface area contributed by atoms with Crippen molar-refractivity contribution in [2.45, 2.75) is 27.3 Å². The lowest BCUT2D eigenvalue weighted by Crippen LogP contribution is -2.33. The zero-order chi connectivity index (χ0) is 22.5. The summed E-state index contributed by atoms with van der Waals surface area (Å²) in [5.41, 5.74) is 1.74. The van der Waals surface area contributed by atoms with Crippen molar-refractivity contribution >= 4 is 40.0 Å². The monoisotopic (exact) mass is 419 g/mol. The minimum absolute atomic E-state index is 0.0600. The van der Waals surface area contributed by atoms with Gasteiger partial charge in [0.1, 0.15) is 6.54 Å². The molecule has 1 N–H and O–H groups in total. The Bertz CT molecular complexity index is 1160. The number of nitrogens with zero attached hydrogens (tertiary/aromatic N) is 2. The third kappa shape index (κ3) is 4.71. The first-order valence-electron chi connectivity index (χ1n) is 10.2. The molecule has 3 rings (SSSR count). The summed E-state index contributed by atoms with van der Waals surface area (Å²) < 4.78 is 1.70. The van der Waals surface area contributed by atoms with Gasteiger partial charge in [-0.15, -0.1) is 0 Å². The molecule has 0 bridgehead atoms. The van der Waals surface area contributed by atoms with Crippen LogP contribution in [0.5, 0.6) is 0 Å². The second kappa shape index (κ2) is 9.38. The highest BCUT2D eigenvalue weighted by Crippen LogP contribution is 2.23. The van der Waals surface area contributed by atoms with Crippen LogP contribution in [0.15, 0.2) is 54.7 Å². The fraction of sp³-hybridized carbons (Fsp3) is 0.250. The molecule has 0 spiro atoms. The number of anilines is 1. The Balaban J connectivity index is 1.89. The summed E-state index contributed by atoms with van der Waals surface area (Å²) in [6, 6.07) is 13.6. The van der Waals surface area contributed by atoms with E-state index in [1.165, 1.54) is 13.0 Å². The van der Waals surface area contributed by atoms with E-state index in [9.17, 15) is 19.2 Å². The molecular weight excluding hydrogens is 394 g/mol. The van der Waals surface area contributed by atoms with E-state index in [4.69, 9.17) is 0 Å². The minimum atomic E-state index is -0.807. The summed E-state index contributed by atoms with van der Waals surface area (Å²) in [6.45, 7) is 6.54. The molecule has 2 aromatic carbocycles. The summed E-state index contributed by atoms with van der Waals surface area (Å²) in [7, 11) is 0. The van der Waals surface area contributed by atoms with Crippen molar-refractivity contribution in [3.8, 4) is 0 Å². The molecule has 0 unspecified atom stereocenters. The van der Waals surface area contributed by atoms with Gasteiger partial charge in [-0.05, 0) is 39.0 Å². The van der Waals surface area contributed by atoms with E-state index in [-0.39, 0.29) is 23.8 Å². The molecule has 0 saturated carbocycles. The van der Waals surface area contributed by atoms with Crippen molar-refractivity contribution in [3.63, 3.8) is 0 Å². The van der Waals surface area contributed by atoms with Crippen molar-refractivity contribution in [1.82, 2.24) is 9.47 Å². The number of Topliss-reactive ketones (excluding diaryl/α,β-unsaturated/α-hetero) is 2. The number of aromatic nitrogens is 1. The molecule has 31 heavy (non-hydrogen) atoms. The van der Waals surface area contributed by atoms with Crippen molar-refractivity contribution in [3.05, 3.63) is 65.9 Å². The maximum absolute atomic E-state index is 12.9. The van der Waals surface area contributed by atoms with Gasteiger partial charge in [-0.1, -0.05) is 30.3 Å². The Morgan fingerprint density at radius 2 is 1.68 bits per heavy atom. The van der Waals surface area contributed by atoms with Gasteiger partial charge in [0.2, 0.25) is 5.91 Å². The van der Waals surface area contributed by atoms with Gasteiger partial charge in [-0.3, -0.25) is 19.2 Å². The summed E-state index contributed by atoms with van der Waals surface area (Å²) in [4.78, 5) is 51.4. The molecule has 0 atom stereocenters. The van der Waals surface area contributed by atoms with Crippen molar-refractivity contribution < 1.29 is 19.2 Å². The van der Waals surface area contributed by atoms with Crippen LogP contribution in [0.4, 0.5) is 5.69 Å². The number of fused-ring (bicyclic) bond motifs is 1. The zero-order valence-corrected chi connectivity index (χ0v) is 17.8. The van der Waals surface area contributed by atoms with E-state index in [1.54, 1.807) is 46.0 Å². The van der Waals surface area contributed by atoms with Crippen LogP contribution in [-0.4, -0.2) is 45.9 Å². The van der Waals surface area contributed by atoms with E-state index >= 15 is 0 Å². The number of hydrogen-bond acceptors (Lipinski definition) is 4.